The molecule has 5 heteroatoms. The van der Waals surface area contributed by atoms with E-state index in [1.54, 1.807) is 0 Å². The Bertz CT molecular complexity index is 51.4. The van der Waals surface area contributed by atoms with Crippen LogP contribution in [0.1, 0.15) is 0 Å². The zero-order valence-corrected chi connectivity index (χ0v) is 4.71. The second kappa shape index (κ2) is 2.52. The molecule has 0 heterocycles. The molecule has 0 saturated heterocycles. The Morgan fingerprint density at radius 3 is 1.86 bits per heavy atom. The zero-order chi connectivity index (χ0) is 5.91. The normalized spacial score (nSPS) is 12.0. The first-order valence-corrected chi connectivity index (χ1v) is 2.45. The van der Waals surface area contributed by atoms with Gasteiger partial charge in [-0.05, 0) is 0 Å². The minimum atomic E-state index is -4.50. The van der Waals surface area contributed by atoms with Gasteiger partial charge in [0.25, 0.3) is 0 Å². The van der Waals surface area contributed by atoms with Crippen molar-refractivity contribution in [2.75, 3.05) is 5.52 Å². The van der Waals surface area contributed by atoms with Crippen molar-refractivity contribution >= 4 is 15.9 Å². The summed E-state index contributed by atoms with van der Waals surface area (Å²) in [7, 11) is 0. The van der Waals surface area contributed by atoms with Gasteiger partial charge in [0, 0.05) is 0 Å². The van der Waals surface area contributed by atoms with Crippen molar-refractivity contribution in [3.05, 3.63) is 0 Å². The highest BCUT2D eigenvalue weighted by atomic mass is 79.9. The third-order valence-corrected chi connectivity index (χ3v) is 0.447. The summed E-state index contributed by atoms with van der Waals surface area (Å²) in [5, 5.41) is 0. The summed E-state index contributed by atoms with van der Waals surface area (Å²) in [6.07, 6.45) is -4.50. The van der Waals surface area contributed by atoms with Crippen molar-refractivity contribution in [2.45, 2.75) is 6.36 Å². The van der Waals surface area contributed by atoms with E-state index in [0.717, 1.165) is 0 Å². The highest BCUT2D eigenvalue weighted by Crippen LogP contribution is 2.16. The van der Waals surface area contributed by atoms with E-state index < -0.39 is 11.9 Å². The summed E-state index contributed by atoms with van der Waals surface area (Å²) < 4.78 is 35.6. The molecule has 0 saturated carbocycles. The van der Waals surface area contributed by atoms with Gasteiger partial charge in [-0.2, -0.15) is 0 Å². The molecule has 0 aliphatic rings. The molecule has 0 fully saturated rings. The lowest BCUT2D eigenvalue weighted by molar-refractivity contribution is -0.314. The molecule has 0 spiro atoms. The quantitative estimate of drug-likeness (QED) is 0.558. The molecule has 0 rings (SSSR count). The molecular formula is C2H2BrF3O. The van der Waals surface area contributed by atoms with Crippen LogP contribution in [-0.2, 0) is 4.74 Å². The predicted molar refractivity (Wildman–Crippen MR) is 20.9 cm³/mol. The molecular weight excluding hydrogens is 177 g/mol. The lowest BCUT2D eigenvalue weighted by Crippen LogP contribution is -2.11. The fourth-order valence-corrected chi connectivity index (χ4v) is 0.321. The largest absolute Gasteiger partial charge is 0.523 e. The average Bonchev–Trinajstić information content (AvgIpc) is 1.30. The van der Waals surface area contributed by atoms with Gasteiger partial charge >= 0.3 is 6.36 Å². The summed E-state index contributed by atoms with van der Waals surface area (Å²) >= 11 is 2.44. The fraction of sp³-hybridized carbons (Fsp3) is 1.00. The average molecular weight is 179 g/mol. The van der Waals surface area contributed by atoms with Crippen LogP contribution in [-0.4, -0.2) is 11.9 Å². The molecule has 0 aromatic heterocycles. The van der Waals surface area contributed by atoms with Crippen molar-refractivity contribution < 1.29 is 17.9 Å². The second-order valence-corrected chi connectivity index (χ2v) is 1.16. The van der Waals surface area contributed by atoms with E-state index in [-0.39, 0.29) is 0 Å². The van der Waals surface area contributed by atoms with Crippen LogP contribution in [0, 0.1) is 0 Å². The standard InChI is InChI=1S/C2H2BrF3O/c3-1-7-2(4,5)6/h1H2. The second-order valence-electron chi connectivity index (χ2n) is 0.699. The van der Waals surface area contributed by atoms with E-state index in [0.29, 0.717) is 0 Å². The van der Waals surface area contributed by atoms with Crippen LogP contribution in [0.15, 0.2) is 0 Å². The smallest absolute Gasteiger partial charge is 0.280 e. The monoisotopic (exact) mass is 178 g/mol. The van der Waals surface area contributed by atoms with Gasteiger partial charge in [-0.1, -0.05) is 15.9 Å². The van der Waals surface area contributed by atoms with E-state index >= 15 is 0 Å². The van der Waals surface area contributed by atoms with E-state index in [4.69, 9.17) is 0 Å². The van der Waals surface area contributed by atoms with Crippen molar-refractivity contribution in [3.63, 3.8) is 0 Å². The summed E-state index contributed by atoms with van der Waals surface area (Å²) in [6.45, 7) is 0. The zero-order valence-electron chi connectivity index (χ0n) is 3.13. The Balaban J connectivity index is 3.15. The Kier molecular flexibility index (Phi) is 2.60. The number of hydrogen-bond donors (Lipinski definition) is 0. The molecule has 0 aliphatic heterocycles. The van der Waals surface area contributed by atoms with Gasteiger partial charge < -0.3 is 0 Å². The minimum absolute atomic E-state index is 0.503. The Morgan fingerprint density at radius 1 is 1.43 bits per heavy atom. The Labute approximate surface area is 46.6 Å². The van der Waals surface area contributed by atoms with Crippen LogP contribution in [0.3, 0.4) is 0 Å². The van der Waals surface area contributed by atoms with Gasteiger partial charge in [-0.25, -0.2) is 0 Å². The Morgan fingerprint density at radius 2 is 1.86 bits per heavy atom. The van der Waals surface area contributed by atoms with Gasteiger partial charge in [0.1, 0.15) is 5.52 Å². The molecule has 0 N–H and O–H groups in total. The topological polar surface area (TPSA) is 9.23 Å². The van der Waals surface area contributed by atoms with Crippen molar-refractivity contribution in [1.82, 2.24) is 0 Å². The first kappa shape index (κ1) is 7.23. The number of halogens is 4. The number of alkyl halides is 4. The molecule has 0 atom stereocenters. The maximum absolute atomic E-state index is 10.8. The van der Waals surface area contributed by atoms with E-state index in [9.17, 15) is 13.2 Å². The summed E-state index contributed by atoms with van der Waals surface area (Å²) in [5.41, 5.74) is -0.503. The molecule has 0 aromatic carbocycles. The van der Waals surface area contributed by atoms with E-state index in [1.807, 2.05) is 0 Å². The highest BCUT2D eigenvalue weighted by Gasteiger charge is 2.27. The van der Waals surface area contributed by atoms with Crippen LogP contribution in [0.5, 0.6) is 0 Å². The molecule has 0 bridgehead atoms. The van der Waals surface area contributed by atoms with Crippen LogP contribution < -0.4 is 0 Å². The van der Waals surface area contributed by atoms with Crippen LogP contribution in [0.4, 0.5) is 13.2 Å². The van der Waals surface area contributed by atoms with Crippen molar-refractivity contribution in [1.29, 1.82) is 0 Å². The number of hydrogen-bond acceptors (Lipinski definition) is 1. The first-order valence-electron chi connectivity index (χ1n) is 1.33. The van der Waals surface area contributed by atoms with E-state index in [1.165, 1.54) is 0 Å². The summed E-state index contributed by atoms with van der Waals surface area (Å²) in [6, 6.07) is 0. The molecule has 0 amide bonds. The van der Waals surface area contributed by atoms with Gasteiger partial charge in [0.2, 0.25) is 0 Å². The third-order valence-electron chi connectivity index (χ3n) is 0.218. The molecule has 0 unspecified atom stereocenters. The third kappa shape index (κ3) is 6.23. The van der Waals surface area contributed by atoms with Crippen molar-refractivity contribution in [3.8, 4) is 0 Å². The molecule has 1 nitrogen and oxygen atoms in total. The predicted octanol–water partition coefficient (Wildman–Crippen LogP) is 1.88. The highest BCUT2D eigenvalue weighted by molar-refractivity contribution is 9.09. The maximum atomic E-state index is 10.8. The first-order chi connectivity index (χ1) is 3.06. The van der Waals surface area contributed by atoms with Crippen molar-refractivity contribution in [2.24, 2.45) is 0 Å². The van der Waals surface area contributed by atoms with Crippen LogP contribution in [0.25, 0.3) is 0 Å². The molecule has 0 radical (unpaired) electrons. The fourth-order valence-electron chi connectivity index (χ4n) is 0.0619. The van der Waals surface area contributed by atoms with Gasteiger partial charge in [-0.3, -0.25) is 4.74 Å². The van der Waals surface area contributed by atoms with E-state index in [2.05, 4.69) is 20.7 Å². The summed E-state index contributed by atoms with van der Waals surface area (Å²) in [5.74, 6) is 0. The number of rotatable bonds is 1. The van der Waals surface area contributed by atoms with Crippen LogP contribution in [0.2, 0.25) is 0 Å². The SMILES string of the molecule is FC(F)(F)OCBr. The van der Waals surface area contributed by atoms with Gasteiger partial charge in [0.15, 0.2) is 0 Å². The molecule has 7 heavy (non-hydrogen) atoms. The van der Waals surface area contributed by atoms with Gasteiger partial charge in [0.05, 0.1) is 0 Å². The van der Waals surface area contributed by atoms with Gasteiger partial charge in [-0.15, -0.1) is 13.2 Å². The maximum Gasteiger partial charge on any atom is 0.523 e. The molecule has 0 aliphatic carbocycles. The molecule has 0 aromatic rings. The lowest BCUT2D eigenvalue weighted by Gasteiger charge is -2.00. The Hall–Kier alpha value is 0.230. The summed E-state index contributed by atoms with van der Waals surface area (Å²) in [4.78, 5) is 0. The number of ether oxygens (including phenoxy) is 1. The minimum Gasteiger partial charge on any atom is -0.280 e. The van der Waals surface area contributed by atoms with Crippen LogP contribution >= 0.6 is 15.9 Å². The lowest BCUT2D eigenvalue weighted by atomic mass is 11.3. The molecule has 44 valence electrons.